The molecule has 7 heteroatoms. The molecule has 0 radical (unpaired) electrons. The summed E-state index contributed by atoms with van der Waals surface area (Å²) >= 11 is 1.54. The lowest BCUT2D eigenvalue weighted by molar-refractivity contribution is -0.161. The van der Waals surface area contributed by atoms with Crippen LogP contribution < -0.4 is 0 Å². The molecule has 1 fully saturated rings. The number of β-lactam (4-membered cyclic amide) rings is 1. The van der Waals surface area contributed by atoms with Crippen LogP contribution in [0, 0.1) is 5.92 Å². The lowest BCUT2D eigenvalue weighted by Gasteiger charge is -2.48. The van der Waals surface area contributed by atoms with Gasteiger partial charge in [-0.15, -0.1) is 0 Å². The molecular formula is C22H31NO4SSi. The number of carbonyl (C=O) groups is 2. The van der Waals surface area contributed by atoms with Crippen molar-refractivity contribution in [3.8, 4) is 0 Å². The Kier molecular flexibility index (Phi) is 6.05. The molecule has 1 aromatic rings. The van der Waals surface area contributed by atoms with Crippen molar-refractivity contribution in [1.82, 2.24) is 4.90 Å². The Hall–Kier alpha value is -1.57. The third-order valence-electron chi connectivity index (χ3n) is 6.32. The number of hydrogen-bond donors (Lipinski definition) is 0. The first-order valence-corrected chi connectivity index (χ1v) is 13.8. The second-order valence-corrected chi connectivity index (χ2v) is 15.2. The molecule has 0 aliphatic carbocycles. The van der Waals surface area contributed by atoms with Gasteiger partial charge in [0.05, 0.1) is 25.2 Å². The number of amides is 1. The summed E-state index contributed by atoms with van der Waals surface area (Å²) in [6, 6.07) is 9.86. The maximum absolute atomic E-state index is 13.1. The SMILES string of the molecule is COC(=O)C1=C(Sc2ccccc2)CC2C([C@@H](C)O[Si](C)(C)C(C)(C)C)C(=O)N12. The average Bonchev–Trinajstić information content (AvgIpc) is 2.94. The Morgan fingerprint density at radius 2 is 1.86 bits per heavy atom. The van der Waals surface area contributed by atoms with Crippen LogP contribution in [0.5, 0.6) is 0 Å². The summed E-state index contributed by atoms with van der Waals surface area (Å²) in [5.74, 6) is -0.710. The van der Waals surface area contributed by atoms with E-state index in [9.17, 15) is 9.59 Å². The number of ether oxygens (including phenoxy) is 1. The van der Waals surface area contributed by atoms with Gasteiger partial charge in [-0.05, 0) is 37.2 Å². The van der Waals surface area contributed by atoms with Crippen LogP contribution in [-0.2, 0) is 18.8 Å². The van der Waals surface area contributed by atoms with Crippen molar-refractivity contribution < 1.29 is 18.8 Å². The molecule has 158 valence electrons. The molecule has 2 aliphatic heterocycles. The summed E-state index contributed by atoms with van der Waals surface area (Å²) in [5.41, 5.74) is 0.395. The van der Waals surface area contributed by atoms with Gasteiger partial charge in [0, 0.05) is 16.2 Å². The highest BCUT2D eigenvalue weighted by atomic mass is 32.2. The number of rotatable bonds is 6. The quantitative estimate of drug-likeness (QED) is 0.366. The highest BCUT2D eigenvalue weighted by Crippen LogP contribution is 2.50. The zero-order chi connectivity index (χ0) is 21.6. The van der Waals surface area contributed by atoms with E-state index in [0.29, 0.717) is 12.1 Å². The van der Waals surface area contributed by atoms with E-state index in [1.54, 1.807) is 4.90 Å². The predicted molar refractivity (Wildman–Crippen MR) is 118 cm³/mol. The number of hydrogen-bond acceptors (Lipinski definition) is 5. The van der Waals surface area contributed by atoms with Gasteiger partial charge in [-0.2, -0.15) is 0 Å². The first-order chi connectivity index (χ1) is 13.5. The summed E-state index contributed by atoms with van der Waals surface area (Å²) in [7, 11) is -0.632. The second-order valence-electron chi connectivity index (χ2n) is 9.27. The molecular weight excluding hydrogens is 402 g/mol. The maximum Gasteiger partial charge on any atom is 0.355 e. The van der Waals surface area contributed by atoms with Crippen molar-refractivity contribution in [2.24, 2.45) is 5.92 Å². The smallest absolute Gasteiger partial charge is 0.355 e. The zero-order valence-corrected chi connectivity index (χ0v) is 20.1. The zero-order valence-electron chi connectivity index (χ0n) is 18.3. The molecule has 1 saturated heterocycles. The lowest BCUT2D eigenvalue weighted by atomic mass is 9.83. The van der Waals surface area contributed by atoms with Crippen molar-refractivity contribution in [1.29, 1.82) is 0 Å². The molecule has 0 saturated carbocycles. The fourth-order valence-corrected chi connectivity index (χ4v) is 6.28. The van der Waals surface area contributed by atoms with Crippen LogP contribution in [0.3, 0.4) is 0 Å². The third-order valence-corrected chi connectivity index (χ3v) is 12.0. The predicted octanol–water partition coefficient (Wildman–Crippen LogP) is 4.80. The molecule has 2 aliphatic rings. The van der Waals surface area contributed by atoms with Gasteiger partial charge in [-0.25, -0.2) is 4.79 Å². The van der Waals surface area contributed by atoms with Gasteiger partial charge in [-0.3, -0.25) is 4.79 Å². The first kappa shape index (κ1) is 22.1. The second kappa shape index (κ2) is 7.93. The molecule has 1 amide bonds. The Labute approximate surface area is 179 Å². The molecule has 29 heavy (non-hydrogen) atoms. The summed E-state index contributed by atoms with van der Waals surface area (Å²) in [6.07, 6.45) is 0.482. The van der Waals surface area contributed by atoms with Crippen molar-refractivity contribution in [2.45, 2.75) is 69.3 Å². The standard InChI is InChI=1S/C22H31NO4SSi/c1-14(27-29(6,7)22(2,3)4)18-16-13-17(28-15-11-9-8-10-12-15)19(21(25)26-5)23(16)20(18)24/h8-12,14,16,18H,13H2,1-7H3/t14-,16?,18?/m1/s1. The molecule has 3 atom stereocenters. The minimum atomic E-state index is -1.99. The van der Waals surface area contributed by atoms with Gasteiger partial charge in [0.1, 0.15) is 5.70 Å². The summed E-state index contributed by atoms with van der Waals surface area (Å²) in [5, 5.41) is 0.0766. The summed E-state index contributed by atoms with van der Waals surface area (Å²) in [4.78, 5) is 29.1. The number of esters is 1. The van der Waals surface area contributed by atoms with Crippen LogP contribution in [0.4, 0.5) is 0 Å². The molecule has 1 aromatic carbocycles. The summed E-state index contributed by atoms with van der Waals surface area (Å²) in [6.45, 7) is 13.0. The van der Waals surface area contributed by atoms with Crippen LogP contribution >= 0.6 is 11.8 Å². The van der Waals surface area contributed by atoms with Crippen molar-refractivity contribution in [2.75, 3.05) is 7.11 Å². The highest BCUT2D eigenvalue weighted by molar-refractivity contribution is 8.03. The van der Waals surface area contributed by atoms with Crippen molar-refractivity contribution in [3.05, 3.63) is 40.9 Å². The van der Waals surface area contributed by atoms with E-state index in [1.807, 2.05) is 37.3 Å². The van der Waals surface area contributed by atoms with E-state index in [2.05, 4.69) is 33.9 Å². The molecule has 2 heterocycles. The highest BCUT2D eigenvalue weighted by Gasteiger charge is 2.58. The van der Waals surface area contributed by atoms with Gasteiger partial charge in [-0.1, -0.05) is 50.7 Å². The van der Waals surface area contributed by atoms with E-state index >= 15 is 0 Å². The minimum absolute atomic E-state index is 0.0368. The van der Waals surface area contributed by atoms with Crippen LogP contribution in [0.15, 0.2) is 45.8 Å². The van der Waals surface area contributed by atoms with Gasteiger partial charge in [0.2, 0.25) is 5.91 Å². The molecule has 3 rings (SSSR count). The van der Waals surface area contributed by atoms with Gasteiger partial charge >= 0.3 is 5.97 Å². The number of fused-ring (bicyclic) bond motifs is 1. The number of thioether (sulfide) groups is 1. The first-order valence-electron chi connectivity index (χ1n) is 10.0. The molecule has 0 aromatic heterocycles. The van der Waals surface area contributed by atoms with Crippen LogP contribution in [0.1, 0.15) is 34.1 Å². The fourth-order valence-electron chi connectivity index (χ4n) is 3.74. The average molecular weight is 434 g/mol. The van der Waals surface area contributed by atoms with Crippen LogP contribution in [0.25, 0.3) is 0 Å². The van der Waals surface area contributed by atoms with Crippen molar-refractivity contribution >= 4 is 32.0 Å². The Morgan fingerprint density at radius 3 is 2.41 bits per heavy atom. The van der Waals surface area contributed by atoms with Gasteiger partial charge in [0.15, 0.2) is 8.32 Å². The number of nitrogens with zero attached hydrogens (tertiary/aromatic N) is 1. The van der Waals surface area contributed by atoms with Crippen LogP contribution in [0.2, 0.25) is 18.1 Å². The van der Waals surface area contributed by atoms with Crippen LogP contribution in [-0.4, -0.2) is 44.3 Å². The number of methoxy groups -OCH3 is 1. The molecule has 0 spiro atoms. The largest absolute Gasteiger partial charge is 0.464 e. The third kappa shape index (κ3) is 4.05. The topological polar surface area (TPSA) is 55.8 Å². The minimum Gasteiger partial charge on any atom is -0.464 e. The number of carbonyl (C=O) groups excluding carboxylic acids is 2. The van der Waals surface area contributed by atoms with Gasteiger partial charge in [0.25, 0.3) is 0 Å². The molecule has 2 unspecified atom stereocenters. The van der Waals surface area contributed by atoms with Gasteiger partial charge < -0.3 is 14.1 Å². The molecule has 0 bridgehead atoms. The van der Waals surface area contributed by atoms with E-state index in [1.165, 1.54) is 18.9 Å². The Balaban J connectivity index is 1.81. The van der Waals surface area contributed by atoms with Crippen molar-refractivity contribution in [3.63, 3.8) is 0 Å². The normalized spacial score (nSPS) is 23.0. The van der Waals surface area contributed by atoms with E-state index in [4.69, 9.17) is 9.16 Å². The van der Waals surface area contributed by atoms with E-state index in [0.717, 1.165) is 9.80 Å². The monoisotopic (exact) mass is 433 g/mol. The summed E-state index contributed by atoms with van der Waals surface area (Å²) < 4.78 is 11.5. The number of benzene rings is 1. The lowest BCUT2D eigenvalue weighted by Crippen LogP contribution is -2.63. The fraction of sp³-hybridized carbons (Fsp3) is 0.545. The van der Waals surface area contributed by atoms with E-state index < -0.39 is 14.3 Å². The van der Waals surface area contributed by atoms with E-state index in [-0.39, 0.29) is 29.0 Å². The Bertz CT molecular complexity index is 831. The molecule has 5 nitrogen and oxygen atoms in total. The Morgan fingerprint density at radius 1 is 1.24 bits per heavy atom. The molecule has 0 N–H and O–H groups in total. The maximum atomic E-state index is 13.1.